The minimum absolute atomic E-state index is 0.290. The van der Waals surface area contributed by atoms with Crippen LogP contribution in [0.4, 0.5) is 4.79 Å². The van der Waals surface area contributed by atoms with Crippen LogP contribution in [0.15, 0.2) is 60.7 Å². The molecule has 3 aromatic rings. The third kappa shape index (κ3) is 3.47. The van der Waals surface area contributed by atoms with Gasteiger partial charge >= 0.3 is 6.09 Å². The maximum Gasteiger partial charge on any atom is 0.411 e. The molecule has 0 saturated carbocycles. The molecule has 1 unspecified atom stereocenters. The summed E-state index contributed by atoms with van der Waals surface area (Å²) >= 11 is 0. The second kappa shape index (κ2) is 7.09. The van der Waals surface area contributed by atoms with Crippen LogP contribution in [-0.4, -0.2) is 29.3 Å². The summed E-state index contributed by atoms with van der Waals surface area (Å²) in [7, 11) is 1.60. The van der Waals surface area contributed by atoms with Crippen LogP contribution >= 0.6 is 0 Å². The van der Waals surface area contributed by atoms with E-state index in [9.17, 15) is 14.7 Å². The summed E-state index contributed by atoms with van der Waals surface area (Å²) < 4.78 is 5.51. The Morgan fingerprint density at radius 2 is 1.74 bits per heavy atom. The Morgan fingerprint density at radius 3 is 2.37 bits per heavy atom. The molecule has 0 bridgehead atoms. The molecule has 0 fully saturated rings. The molecular weight excluding hydrogens is 346 g/mol. The lowest BCUT2D eigenvalue weighted by Crippen LogP contribution is -2.44. The van der Waals surface area contributed by atoms with Gasteiger partial charge < -0.3 is 14.9 Å². The number of nitrogens with one attached hydrogen (secondary N) is 1. The molecule has 3 N–H and O–H groups in total. The third-order valence-corrected chi connectivity index (χ3v) is 4.49. The molecule has 6 heteroatoms. The number of carbonyl (C=O) groups is 2. The maximum absolute atomic E-state index is 12.0. The van der Waals surface area contributed by atoms with E-state index in [0.29, 0.717) is 5.75 Å². The Morgan fingerprint density at radius 1 is 1.04 bits per heavy atom. The van der Waals surface area contributed by atoms with Gasteiger partial charge in [-0.3, -0.25) is 10.1 Å². The molecule has 0 radical (unpaired) electrons. The van der Waals surface area contributed by atoms with Crippen LogP contribution in [0.3, 0.4) is 0 Å². The highest BCUT2D eigenvalue weighted by Gasteiger charge is 2.34. The first kappa shape index (κ1) is 18.4. The standard InChI is InChI=1S/C21H19NO5/c1-21(26,19(23)22-20(24)25)15-9-10-16-14(12-15)8-11-17(27-2)18(16)13-6-4-3-5-7-13/h3-12,26H,1-2H3,(H,22,23)(H,24,25). The first-order valence-corrected chi connectivity index (χ1v) is 8.28. The summed E-state index contributed by atoms with van der Waals surface area (Å²) in [6.07, 6.45) is -1.52. The smallest absolute Gasteiger partial charge is 0.411 e. The molecule has 138 valence electrons. The number of fused-ring (bicyclic) bond motifs is 1. The fraction of sp³-hybridized carbons (Fsp3) is 0.143. The highest BCUT2D eigenvalue weighted by molar-refractivity contribution is 6.01. The lowest BCUT2D eigenvalue weighted by Gasteiger charge is -2.22. The van der Waals surface area contributed by atoms with Gasteiger partial charge in [-0.15, -0.1) is 0 Å². The van der Waals surface area contributed by atoms with Crippen molar-refractivity contribution in [3.8, 4) is 16.9 Å². The van der Waals surface area contributed by atoms with Gasteiger partial charge in [0.1, 0.15) is 5.75 Å². The van der Waals surface area contributed by atoms with Crippen molar-refractivity contribution in [2.45, 2.75) is 12.5 Å². The van der Waals surface area contributed by atoms with Crippen LogP contribution < -0.4 is 10.1 Å². The molecule has 2 amide bonds. The predicted octanol–water partition coefficient (Wildman–Crippen LogP) is 3.52. The molecule has 6 nitrogen and oxygen atoms in total. The van der Waals surface area contributed by atoms with Crippen molar-refractivity contribution >= 4 is 22.8 Å². The lowest BCUT2D eigenvalue weighted by molar-refractivity contribution is -0.138. The summed E-state index contributed by atoms with van der Waals surface area (Å²) in [5.74, 6) is -0.303. The summed E-state index contributed by atoms with van der Waals surface area (Å²) in [5.41, 5.74) is 0.178. The molecule has 0 aliphatic heterocycles. The van der Waals surface area contributed by atoms with Crippen LogP contribution in [0.2, 0.25) is 0 Å². The number of rotatable bonds is 4. The zero-order chi connectivity index (χ0) is 19.6. The van der Waals surface area contributed by atoms with Crippen LogP contribution in [0, 0.1) is 0 Å². The molecule has 0 aliphatic rings. The zero-order valence-corrected chi connectivity index (χ0v) is 14.9. The molecular formula is C21H19NO5. The number of aliphatic hydroxyl groups is 1. The minimum Gasteiger partial charge on any atom is -0.496 e. The van der Waals surface area contributed by atoms with E-state index in [4.69, 9.17) is 9.84 Å². The Balaban J connectivity index is 2.15. The fourth-order valence-electron chi connectivity index (χ4n) is 3.04. The number of benzene rings is 3. The number of ether oxygens (including phenoxy) is 1. The number of carboxylic acid groups (broad SMARTS) is 1. The molecule has 1 atom stereocenters. The minimum atomic E-state index is -1.99. The number of carbonyl (C=O) groups excluding carboxylic acids is 1. The average Bonchev–Trinajstić information content (AvgIpc) is 2.66. The van der Waals surface area contributed by atoms with Crippen molar-refractivity contribution in [1.82, 2.24) is 5.32 Å². The number of hydrogen-bond acceptors (Lipinski definition) is 4. The van der Waals surface area contributed by atoms with E-state index in [1.807, 2.05) is 42.5 Å². The number of imide groups is 1. The van der Waals surface area contributed by atoms with E-state index >= 15 is 0 Å². The van der Waals surface area contributed by atoms with E-state index in [1.165, 1.54) is 6.92 Å². The van der Waals surface area contributed by atoms with Gasteiger partial charge in [-0.05, 0) is 41.0 Å². The first-order valence-electron chi connectivity index (χ1n) is 8.28. The van der Waals surface area contributed by atoms with E-state index < -0.39 is 17.6 Å². The fourth-order valence-corrected chi connectivity index (χ4v) is 3.04. The van der Waals surface area contributed by atoms with Crippen LogP contribution in [-0.2, 0) is 10.4 Å². The molecule has 0 spiro atoms. The largest absolute Gasteiger partial charge is 0.496 e. The SMILES string of the molecule is COc1ccc2cc(C(C)(O)C(=O)NC(=O)O)ccc2c1-c1ccccc1. The average molecular weight is 365 g/mol. The maximum atomic E-state index is 12.0. The Bertz CT molecular complexity index is 1010. The normalized spacial score (nSPS) is 13.0. The number of amides is 2. The van der Waals surface area contributed by atoms with Gasteiger partial charge in [0.15, 0.2) is 5.60 Å². The van der Waals surface area contributed by atoms with E-state index in [1.54, 1.807) is 30.6 Å². The highest BCUT2D eigenvalue weighted by Crippen LogP contribution is 2.38. The third-order valence-electron chi connectivity index (χ3n) is 4.49. The summed E-state index contributed by atoms with van der Waals surface area (Å²) in [5, 5.41) is 22.6. The number of methoxy groups -OCH3 is 1. The summed E-state index contributed by atoms with van der Waals surface area (Å²) in [6.45, 7) is 1.26. The van der Waals surface area contributed by atoms with Gasteiger partial charge in [0.2, 0.25) is 0 Å². The highest BCUT2D eigenvalue weighted by atomic mass is 16.5. The molecule has 3 rings (SSSR count). The Kier molecular flexibility index (Phi) is 4.83. The van der Waals surface area contributed by atoms with Crippen molar-refractivity contribution in [3.05, 3.63) is 66.2 Å². The Hall–Kier alpha value is -3.38. The first-order chi connectivity index (χ1) is 12.8. The van der Waals surface area contributed by atoms with Gasteiger partial charge in [0.25, 0.3) is 5.91 Å². The van der Waals surface area contributed by atoms with Crippen LogP contribution in [0.5, 0.6) is 5.75 Å². The summed E-state index contributed by atoms with van der Waals surface area (Å²) in [6, 6.07) is 18.5. The van der Waals surface area contributed by atoms with Gasteiger partial charge in [-0.1, -0.05) is 48.5 Å². The second-order valence-corrected chi connectivity index (χ2v) is 6.28. The molecule has 27 heavy (non-hydrogen) atoms. The molecule has 3 aromatic carbocycles. The van der Waals surface area contributed by atoms with Crippen LogP contribution in [0.1, 0.15) is 12.5 Å². The van der Waals surface area contributed by atoms with E-state index in [0.717, 1.165) is 21.9 Å². The van der Waals surface area contributed by atoms with Crippen molar-refractivity contribution in [1.29, 1.82) is 0 Å². The number of hydrogen-bond donors (Lipinski definition) is 3. The monoisotopic (exact) mass is 365 g/mol. The summed E-state index contributed by atoms with van der Waals surface area (Å²) in [4.78, 5) is 22.8. The van der Waals surface area contributed by atoms with E-state index in [2.05, 4.69) is 0 Å². The van der Waals surface area contributed by atoms with Crippen molar-refractivity contribution in [2.75, 3.05) is 7.11 Å². The molecule has 0 aromatic heterocycles. The van der Waals surface area contributed by atoms with Crippen molar-refractivity contribution in [2.24, 2.45) is 0 Å². The Labute approximate surface area is 156 Å². The van der Waals surface area contributed by atoms with Gasteiger partial charge in [0, 0.05) is 5.56 Å². The van der Waals surface area contributed by atoms with Crippen LogP contribution in [0.25, 0.3) is 21.9 Å². The zero-order valence-electron chi connectivity index (χ0n) is 14.9. The van der Waals surface area contributed by atoms with Gasteiger partial charge in [0.05, 0.1) is 7.11 Å². The molecule has 0 saturated heterocycles. The van der Waals surface area contributed by atoms with Gasteiger partial charge in [-0.2, -0.15) is 0 Å². The topological polar surface area (TPSA) is 95.9 Å². The van der Waals surface area contributed by atoms with Crippen molar-refractivity contribution in [3.63, 3.8) is 0 Å². The lowest BCUT2D eigenvalue weighted by atomic mass is 9.90. The quantitative estimate of drug-likeness (QED) is 0.657. The van der Waals surface area contributed by atoms with Crippen molar-refractivity contribution < 1.29 is 24.5 Å². The van der Waals surface area contributed by atoms with Gasteiger partial charge in [-0.25, -0.2) is 4.79 Å². The predicted molar refractivity (Wildman–Crippen MR) is 102 cm³/mol. The molecule has 0 aliphatic carbocycles. The molecule has 0 heterocycles. The van der Waals surface area contributed by atoms with E-state index in [-0.39, 0.29) is 5.56 Å². The second-order valence-electron chi connectivity index (χ2n) is 6.28.